The summed E-state index contributed by atoms with van der Waals surface area (Å²) in [5.41, 5.74) is 0.120. The molecule has 0 aliphatic carbocycles. The zero-order valence-electron chi connectivity index (χ0n) is 15.9. The highest BCUT2D eigenvalue weighted by molar-refractivity contribution is 7.87. The Morgan fingerprint density at radius 2 is 1.50 bits per heavy atom. The Labute approximate surface area is 178 Å². The van der Waals surface area contributed by atoms with Crippen molar-refractivity contribution in [1.29, 1.82) is 0 Å². The average Bonchev–Trinajstić information content (AvgIpc) is 3.21. The number of hydrogen-bond donors (Lipinski definition) is 0. The van der Waals surface area contributed by atoms with Gasteiger partial charge in [0.05, 0.1) is 0 Å². The molecule has 1 aliphatic heterocycles. The van der Waals surface area contributed by atoms with E-state index in [4.69, 9.17) is 8.92 Å². The highest BCUT2D eigenvalue weighted by Gasteiger charge is 2.28. The minimum absolute atomic E-state index is 0.0122. The molecule has 3 aromatic rings. The Morgan fingerprint density at radius 3 is 2.16 bits per heavy atom. The van der Waals surface area contributed by atoms with E-state index in [1.165, 1.54) is 30.3 Å². The molecule has 1 unspecified atom stereocenters. The van der Waals surface area contributed by atoms with Crippen LogP contribution < -0.4 is 4.18 Å². The molecule has 0 bridgehead atoms. The monoisotopic (exact) mass is 469 g/mol. The van der Waals surface area contributed by atoms with Crippen LogP contribution in [-0.2, 0) is 14.9 Å². The summed E-state index contributed by atoms with van der Waals surface area (Å²) in [6, 6.07) is 9.02. The van der Waals surface area contributed by atoms with E-state index in [1.807, 2.05) is 0 Å². The van der Waals surface area contributed by atoms with E-state index < -0.39 is 55.7 Å². The molecule has 4 rings (SSSR count). The largest absolute Gasteiger partial charge is 0.475 e. The normalized spacial score (nSPS) is 15.9. The van der Waals surface area contributed by atoms with Gasteiger partial charge in [-0.2, -0.15) is 8.42 Å². The van der Waals surface area contributed by atoms with E-state index in [0.29, 0.717) is 17.7 Å². The fraction of sp³-hybridized carbons (Fsp3) is 0.0952. The molecule has 32 heavy (non-hydrogen) atoms. The van der Waals surface area contributed by atoms with E-state index in [9.17, 15) is 30.4 Å². The van der Waals surface area contributed by atoms with Crippen LogP contribution in [0.4, 0.5) is 22.0 Å². The van der Waals surface area contributed by atoms with Crippen molar-refractivity contribution in [2.45, 2.75) is 10.9 Å². The van der Waals surface area contributed by atoms with Crippen molar-refractivity contribution in [2.24, 2.45) is 4.99 Å². The summed E-state index contributed by atoms with van der Waals surface area (Å²) in [7, 11) is -4.79. The summed E-state index contributed by atoms with van der Waals surface area (Å²) in [6.45, 7) is -0.0122. The molecule has 0 fully saturated rings. The SMILES string of the molecule is O=S(=O)(Oc1ccc(C2COC(c3c(F)cccc3F)=N2)cc1)c1ccc(F)c(F)c1F. The highest BCUT2D eigenvalue weighted by Crippen LogP contribution is 2.29. The maximum absolute atomic E-state index is 13.9. The summed E-state index contributed by atoms with van der Waals surface area (Å²) in [6.07, 6.45) is 0. The Kier molecular flexibility index (Phi) is 5.59. The van der Waals surface area contributed by atoms with E-state index in [1.54, 1.807) is 0 Å². The van der Waals surface area contributed by atoms with Crippen LogP contribution in [-0.4, -0.2) is 20.9 Å². The van der Waals surface area contributed by atoms with Crippen LogP contribution in [0.3, 0.4) is 0 Å². The van der Waals surface area contributed by atoms with Crippen molar-refractivity contribution in [3.8, 4) is 5.75 Å². The predicted molar refractivity (Wildman–Crippen MR) is 102 cm³/mol. The number of benzene rings is 3. The zero-order chi connectivity index (χ0) is 23.0. The molecule has 1 heterocycles. The van der Waals surface area contributed by atoms with Gasteiger partial charge in [-0.3, -0.25) is 0 Å². The minimum atomic E-state index is -4.79. The standard InChI is InChI=1S/C21H12F5NO4S/c22-13-2-1-3-14(23)18(13)21-27-16(10-30-21)11-4-6-12(7-5-11)31-32(28,29)17-9-8-15(24)19(25)20(17)26/h1-9,16H,10H2. The van der Waals surface area contributed by atoms with E-state index in [0.717, 1.165) is 12.1 Å². The van der Waals surface area contributed by atoms with Crippen molar-refractivity contribution < 1.29 is 39.3 Å². The van der Waals surface area contributed by atoms with Crippen molar-refractivity contribution in [3.63, 3.8) is 0 Å². The first-order valence-electron chi connectivity index (χ1n) is 9.00. The summed E-state index contributed by atoms with van der Waals surface area (Å²) >= 11 is 0. The molecule has 1 atom stereocenters. The van der Waals surface area contributed by atoms with Crippen molar-refractivity contribution in [3.05, 3.63) is 94.8 Å². The molecule has 0 amide bonds. The number of nitrogens with zero attached hydrogens (tertiary/aromatic N) is 1. The molecule has 0 saturated heterocycles. The average molecular weight is 469 g/mol. The third-order valence-corrected chi connectivity index (χ3v) is 5.83. The number of hydrogen-bond acceptors (Lipinski definition) is 5. The van der Waals surface area contributed by atoms with Gasteiger partial charge in [-0.1, -0.05) is 18.2 Å². The van der Waals surface area contributed by atoms with Crippen LogP contribution in [0.5, 0.6) is 5.75 Å². The van der Waals surface area contributed by atoms with Gasteiger partial charge in [0.1, 0.15) is 40.5 Å². The number of rotatable bonds is 5. The summed E-state index contributed by atoms with van der Waals surface area (Å²) in [4.78, 5) is 3.00. The van der Waals surface area contributed by atoms with Gasteiger partial charge in [-0.05, 0) is 42.0 Å². The lowest BCUT2D eigenvalue weighted by atomic mass is 10.1. The highest BCUT2D eigenvalue weighted by atomic mass is 32.2. The summed E-state index contributed by atoms with van der Waals surface area (Å²) in [5, 5.41) is 0. The second kappa shape index (κ2) is 8.23. The van der Waals surface area contributed by atoms with Crippen LogP contribution in [0.15, 0.2) is 64.5 Å². The molecule has 0 N–H and O–H groups in total. The van der Waals surface area contributed by atoms with Gasteiger partial charge in [0.15, 0.2) is 17.5 Å². The Balaban J connectivity index is 1.54. The molecule has 1 aliphatic rings. The number of halogens is 5. The van der Waals surface area contributed by atoms with Crippen molar-refractivity contribution >= 4 is 16.0 Å². The molecular formula is C21H12F5NO4S. The molecule has 0 spiro atoms. The van der Waals surface area contributed by atoms with Crippen molar-refractivity contribution in [2.75, 3.05) is 6.61 Å². The van der Waals surface area contributed by atoms with Crippen LogP contribution in [0.2, 0.25) is 0 Å². The van der Waals surface area contributed by atoms with E-state index >= 15 is 0 Å². The lowest BCUT2D eigenvalue weighted by Crippen LogP contribution is -2.13. The van der Waals surface area contributed by atoms with Crippen LogP contribution in [0, 0.1) is 29.1 Å². The second-order valence-corrected chi connectivity index (χ2v) is 8.15. The molecule has 5 nitrogen and oxygen atoms in total. The Morgan fingerprint density at radius 1 is 0.844 bits per heavy atom. The third-order valence-electron chi connectivity index (χ3n) is 4.57. The molecule has 0 radical (unpaired) electrons. The van der Waals surface area contributed by atoms with Gasteiger partial charge in [0, 0.05) is 0 Å². The molecule has 0 aromatic heterocycles. The number of ether oxygens (including phenoxy) is 1. The van der Waals surface area contributed by atoms with E-state index in [2.05, 4.69) is 4.99 Å². The molecular weight excluding hydrogens is 457 g/mol. The molecule has 11 heteroatoms. The number of aliphatic imine (C=N–C) groups is 1. The fourth-order valence-corrected chi connectivity index (χ4v) is 4.00. The molecule has 166 valence electrons. The minimum Gasteiger partial charge on any atom is -0.475 e. The second-order valence-electron chi connectivity index (χ2n) is 6.64. The Hall–Kier alpha value is -3.47. The third kappa shape index (κ3) is 4.03. The first-order valence-corrected chi connectivity index (χ1v) is 10.4. The Bertz CT molecular complexity index is 1310. The van der Waals surface area contributed by atoms with Crippen LogP contribution in [0.1, 0.15) is 17.2 Å². The van der Waals surface area contributed by atoms with Gasteiger partial charge < -0.3 is 8.92 Å². The van der Waals surface area contributed by atoms with E-state index in [-0.39, 0.29) is 18.3 Å². The van der Waals surface area contributed by atoms with Gasteiger partial charge >= 0.3 is 10.1 Å². The van der Waals surface area contributed by atoms with Crippen LogP contribution >= 0.6 is 0 Å². The summed E-state index contributed by atoms with van der Waals surface area (Å²) < 4.78 is 103. The maximum Gasteiger partial charge on any atom is 0.342 e. The molecule has 0 saturated carbocycles. The first-order chi connectivity index (χ1) is 15.2. The van der Waals surface area contributed by atoms with Gasteiger partial charge in [0.2, 0.25) is 5.90 Å². The quantitative estimate of drug-likeness (QED) is 0.310. The molecule has 3 aromatic carbocycles. The van der Waals surface area contributed by atoms with Gasteiger partial charge in [-0.15, -0.1) is 0 Å². The topological polar surface area (TPSA) is 65.0 Å². The zero-order valence-corrected chi connectivity index (χ0v) is 16.7. The maximum atomic E-state index is 13.9. The first kappa shape index (κ1) is 21.8. The van der Waals surface area contributed by atoms with Crippen molar-refractivity contribution in [1.82, 2.24) is 0 Å². The lowest BCUT2D eigenvalue weighted by molar-refractivity contribution is 0.317. The van der Waals surface area contributed by atoms with Gasteiger partial charge in [0.25, 0.3) is 0 Å². The predicted octanol–water partition coefficient (Wildman–Crippen LogP) is 4.67. The summed E-state index contributed by atoms with van der Waals surface area (Å²) in [5.74, 6) is -7.48. The fourth-order valence-electron chi connectivity index (χ4n) is 3.00. The van der Waals surface area contributed by atoms with Gasteiger partial charge in [-0.25, -0.2) is 26.9 Å². The smallest absolute Gasteiger partial charge is 0.342 e. The van der Waals surface area contributed by atoms with Crippen LogP contribution in [0.25, 0.3) is 0 Å². The lowest BCUT2D eigenvalue weighted by Gasteiger charge is -2.10.